The third-order valence-electron chi connectivity index (χ3n) is 3.85. The molecular weight excluding hydrogens is 262 g/mol. The summed E-state index contributed by atoms with van der Waals surface area (Å²) in [5.41, 5.74) is -0.570. The molecule has 0 aromatic rings. The Morgan fingerprint density at radius 2 is 2.26 bits per heavy atom. The highest BCUT2D eigenvalue weighted by molar-refractivity contribution is 7.98. The zero-order chi connectivity index (χ0) is 14.1. The van der Waals surface area contributed by atoms with Gasteiger partial charge in [-0.15, -0.1) is 0 Å². The van der Waals surface area contributed by atoms with Gasteiger partial charge in [0.1, 0.15) is 5.60 Å². The molecule has 0 radical (unpaired) electrons. The van der Waals surface area contributed by atoms with Gasteiger partial charge in [0.15, 0.2) is 0 Å². The van der Waals surface area contributed by atoms with E-state index in [0.29, 0.717) is 19.7 Å². The Balaban J connectivity index is 2.09. The summed E-state index contributed by atoms with van der Waals surface area (Å²) < 4.78 is 11.5. The van der Waals surface area contributed by atoms with E-state index in [-0.39, 0.29) is 23.0 Å². The first-order valence-electron chi connectivity index (χ1n) is 6.92. The van der Waals surface area contributed by atoms with Gasteiger partial charge in [-0.2, -0.15) is 11.8 Å². The molecule has 0 aromatic heterocycles. The lowest BCUT2D eigenvalue weighted by Crippen LogP contribution is -2.59. The fourth-order valence-corrected chi connectivity index (χ4v) is 3.88. The van der Waals surface area contributed by atoms with Crippen LogP contribution in [0.1, 0.15) is 27.2 Å². The van der Waals surface area contributed by atoms with Gasteiger partial charge in [-0.1, -0.05) is 13.8 Å². The zero-order valence-corrected chi connectivity index (χ0v) is 13.2. The molecule has 110 valence electrons. The van der Waals surface area contributed by atoms with E-state index in [0.717, 1.165) is 18.8 Å². The van der Waals surface area contributed by atoms with E-state index < -0.39 is 0 Å². The highest BCUT2D eigenvalue weighted by atomic mass is 32.2. The number of carbonyl (C=O) groups excluding carboxylic acids is 1. The first-order valence-corrected chi connectivity index (χ1v) is 8.32. The van der Waals surface area contributed by atoms with Crippen LogP contribution in [0, 0.1) is 5.41 Å². The fourth-order valence-electron chi connectivity index (χ4n) is 3.04. The standard InChI is InChI=1S/C14H25NO3S/c1-11-7-15(12(16)13(2,3)10-19-4)8-14(18-11)5-6-17-9-14/h11H,5-10H2,1-4H3/t11-,14+/m1/s1. The molecule has 4 nitrogen and oxygen atoms in total. The van der Waals surface area contributed by atoms with E-state index in [9.17, 15) is 4.79 Å². The highest BCUT2D eigenvalue weighted by Crippen LogP contribution is 2.32. The fraction of sp³-hybridized carbons (Fsp3) is 0.929. The average molecular weight is 287 g/mol. The minimum atomic E-state index is -0.308. The maximum atomic E-state index is 12.7. The maximum absolute atomic E-state index is 12.7. The Morgan fingerprint density at radius 3 is 2.84 bits per heavy atom. The molecular formula is C14H25NO3S. The van der Waals surface area contributed by atoms with Gasteiger partial charge in [0.05, 0.1) is 24.7 Å². The van der Waals surface area contributed by atoms with Gasteiger partial charge in [0.25, 0.3) is 0 Å². The second-order valence-electron chi connectivity index (χ2n) is 6.42. The molecule has 0 N–H and O–H groups in total. The summed E-state index contributed by atoms with van der Waals surface area (Å²) in [4.78, 5) is 14.7. The number of thioether (sulfide) groups is 1. The summed E-state index contributed by atoms with van der Waals surface area (Å²) in [7, 11) is 0. The normalized spacial score (nSPS) is 32.0. The molecule has 1 amide bonds. The Hall–Kier alpha value is -0.260. The highest BCUT2D eigenvalue weighted by Gasteiger charge is 2.46. The van der Waals surface area contributed by atoms with Crippen molar-refractivity contribution in [3.63, 3.8) is 0 Å². The molecule has 1 spiro atoms. The Labute approximate surface area is 120 Å². The summed E-state index contributed by atoms with van der Waals surface area (Å²) in [6.45, 7) is 8.83. The number of carbonyl (C=O) groups is 1. The van der Waals surface area contributed by atoms with Crippen LogP contribution in [0.15, 0.2) is 0 Å². The summed E-state index contributed by atoms with van der Waals surface area (Å²) in [5, 5.41) is 0. The molecule has 2 rings (SSSR count). The Kier molecular flexibility index (Phi) is 4.48. The SMILES string of the molecule is CSCC(C)(C)C(=O)N1C[C@@H](C)O[C@@]2(CCOC2)C1. The van der Waals surface area contributed by atoms with Crippen molar-refractivity contribution in [2.75, 3.05) is 38.3 Å². The molecule has 0 aromatic carbocycles. The quantitative estimate of drug-likeness (QED) is 0.793. The van der Waals surface area contributed by atoms with E-state index in [1.54, 1.807) is 11.8 Å². The smallest absolute Gasteiger partial charge is 0.229 e. The van der Waals surface area contributed by atoms with Crippen LogP contribution in [0.3, 0.4) is 0 Å². The Bertz CT molecular complexity index is 340. The van der Waals surface area contributed by atoms with E-state index >= 15 is 0 Å². The second-order valence-corrected chi connectivity index (χ2v) is 7.28. The van der Waals surface area contributed by atoms with E-state index in [1.165, 1.54) is 0 Å². The van der Waals surface area contributed by atoms with Gasteiger partial charge in [-0.3, -0.25) is 4.79 Å². The molecule has 2 aliphatic rings. The minimum absolute atomic E-state index is 0.0875. The van der Waals surface area contributed by atoms with Crippen LogP contribution >= 0.6 is 11.8 Å². The van der Waals surface area contributed by atoms with Crippen LogP contribution in [0.2, 0.25) is 0 Å². The van der Waals surface area contributed by atoms with Crippen LogP contribution in [-0.2, 0) is 14.3 Å². The number of ether oxygens (including phenoxy) is 2. The van der Waals surface area contributed by atoms with Crippen LogP contribution in [-0.4, -0.2) is 60.8 Å². The minimum Gasteiger partial charge on any atom is -0.378 e. The molecule has 0 saturated carbocycles. The third-order valence-corrected chi connectivity index (χ3v) is 4.86. The van der Waals surface area contributed by atoms with E-state index in [2.05, 4.69) is 0 Å². The van der Waals surface area contributed by atoms with Gasteiger partial charge < -0.3 is 14.4 Å². The Morgan fingerprint density at radius 1 is 1.53 bits per heavy atom. The maximum Gasteiger partial charge on any atom is 0.229 e. The average Bonchev–Trinajstić information content (AvgIpc) is 2.74. The van der Waals surface area contributed by atoms with Crippen LogP contribution in [0.4, 0.5) is 0 Å². The number of hydrogen-bond acceptors (Lipinski definition) is 4. The molecule has 5 heteroatoms. The van der Waals surface area contributed by atoms with Gasteiger partial charge in [0.2, 0.25) is 5.91 Å². The number of rotatable bonds is 3. The predicted octanol–water partition coefficient (Wildman–Crippen LogP) is 1.78. The summed E-state index contributed by atoms with van der Waals surface area (Å²) in [6.07, 6.45) is 3.03. The van der Waals surface area contributed by atoms with Crippen molar-refractivity contribution >= 4 is 17.7 Å². The topological polar surface area (TPSA) is 38.8 Å². The monoisotopic (exact) mass is 287 g/mol. The predicted molar refractivity (Wildman–Crippen MR) is 77.5 cm³/mol. The molecule has 2 fully saturated rings. The van der Waals surface area contributed by atoms with E-state index in [4.69, 9.17) is 9.47 Å². The van der Waals surface area contributed by atoms with Crippen LogP contribution in [0.5, 0.6) is 0 Å². The van der Waals surface area contributed by atoms with Crippen LogP contribution < -0.4 is 0 Å². The van der Waals surface area contributed by atoms with Gasteiger partial charge >= 0.3 is 0 Å². The largest absolute Gasteiger partial charge is 0.378 e. The lowest BCUT2D eigenvalue weighted by atomic mass is 9.91. The van der Waals surface area contributed by atoms with Gasteiger partial charge in [-0.25, -0.2) is 0 Å². The van der Waals surface area contributed by atoms with Crippen molar-refractivity contribution in [3.8, 4) is 0 Å². The summed E-state index contributed by atoms with van der Waals surface area (Å²) >= 11 is 1.72. The second kappa shape index (κ2) is 5.62. The van der Waals surface area contributed by atoms with Gasteiger partial charge in [-0.05, 0) is 13.2 Å². The van der Waals surface area contributed by atoms with Crippen molar-refractivity contribution < 1.29 is 14.3 Å². The number of hydrogen-bond donors (Lipinski definition) is 0. The summed E-state index contributed by atoms with van der Waals surface area (Å²) in [6, 6.07) is 0. The van der Waals surface area contributed by atoms with Gasteiger partial charge in [0, 0.05) is 25.3 Å². The van der Waals surface area contributed by atoms with Crippen molar-refractivity contribution in [1.82, 2.24) is 4.90 Å². The first-order chi connectivity index (χ1) is 8.88. The first kappa shape index (κ1) is 15.1. The number of nitrogens with zero attached hydrogens (tertiary/aromatic N) is 1. The van der Waals surface area contributed by atoms with Crippen molar-refractivity contribution in [2.45, 2.75) is 38.9 Å². The third kappa shape index (κ3) is 3.26. The van der Waals surface area contributed by atoms with Crippen molar-refractivity contribution in [1.29, 1.82) is 0 Å². The van der Waals surface area contributed by atoms with Crippen molar-refractivity contribution in [3.05, 3.63) is 0 Å². The number of amides is 1. The molecule has 2 saturated heterocycles. The molecule has 0 bridgehead atoms. The van der Waals surface area contributed by atoms with Crippen molar-refractivity contribution in [2.24, 2.45) is 5.41 Å². The molecule has 2 aliphatic heterocycles. The molecule has 2 atom stereocenters. The van der Waals surface area contributed by atoms with Crippen LogP contribution in [0.25, 0.3) is 0 Å². The molecule has 0 unspecified atom stereocenters. The van der Waals surface area contributed by atoms with E-state index in [1.807, 2.05) is 31.9 Å². The lowest BCUT2D eigenvalue weighted by Gasteiger charge is -2.45. The molecule has 19 heavy (non-hydrogen) atoms. The number of morpholine rings is 1. The zero-order valence-electron chi connectivity index (χ0n) is 12.4. The molecule has 0 aliphatic carbocycles. The lowest BCUT2D eigenvalue weighted by molar-refractivity contribution is -0.171. The molecule has 2 heterocycles. The summed E-state index contributed by atoms with van der Waals surface area (Å²) in [5.74, 6) is 1.09.